The van der Waals surface area contributed by atoms with Gasteiger partial charge >= 0.3 is 0 Å². The molecule has 0 saturated carbocycles. The van der Waals surface area contributed by atoms with Crippen molar-refractivity contribution in [1.82, 2.24) is 0 Å². The maximum absolute atomic E-state index is 4.47. The number of allylic oxidation sites excluding steroid dienone is 3. The van der Waals surface area contributed by atoms with Gasteiger partial charge in [0.1, 0.15) is 0 Å². The first-order chi connectivity index (χ1) is 6.86. The van der Waals surface area contributed by atoms with Crippen molar-refractivity contribution in [1.29, 1.82) is 0 Å². The zero-order valence-electron chi connectivity index (χ0n) is 8.27. The van der Waals surface area contributed by atoms with Crippen molar-refractivity contribution >= 4 is 5.71 Å². The Kier molecular flexibility index (Phi) is 2.59. The quantitative estimate of drug-likeness (QED) is 0.633. The lowest BCUT2D eigenvalue weighted by molar-refractivity contribution is 1.40. The average Bonchev–Trinajstić information content (AvgIpc) is 2.44. The molecule has 2 rings (SSSR count). The molecule has 0 radical (unpaired) electrons. The van der Waals surface area contributed by atoms with Gasteiger partial charge in [0.15, 0.2) is 0 Å². The van der Waals surface area contributed by atoms with Crippen LogP contribution in [-0.2, 0) is 0 Å². The van der Waals surface area contributed by atoms with Crippen LogP contribution in [0.25, 0.3) is 0 Å². The number of hydrogen-bond acceptors (Lipinski definition) is 1. The highest BCUT2D eigenvalue weighted by atomic mass is 14.7. The van der Waals surface area contributed by atoms with E-state index in [1.165, 1.54) is 11.1 Å². The minimum atomic E-state index is 0.915. The van der Waals surface area contributed by atoms with Crippen LogP contribution in [0.3, 0.4) is 0 Å². The maximum atomic E-state index is 4.47. The molecule has 1 aliphatic rings. The van der Waals surface area contributed by atoms with E-state index in [4.69, 9.17) is 0 Å². The molecule has 1 aromatic carbocycles. The second-order valence-electron chi connectivity index (χ2n) is 3.42. The normalized spacial score (nSPS) is 15.8. The van der Waals surface area contributed by atoms with Crippen LogP contribution in [0.1, 0.15) is 18.9 Å². The van der Waals surface area contributed by atoms with Gasteiger partial charge in [-0.2, -0.15) is 0 Å². The Hall–Kier alpha value is -1.63. The zero-order chi connectivity index (χ0) is 9.80. The summed E-state index contributed by atoms with van der Waals surface area (Å²) in [5.74, 6) is 0. The molecule has 0 aromatic heterocycles. The fourth-order valence-electron chi connectivity index (χ4n) is 1.45. The summed E-state index contributed by atoms with van der Waals surface area (Å²) in [5.41, 5.74) is 3.55. The van der Waals surface area contributed by atoms with E-state index in [1.54, 1.807) is 0 Å². The molecule has 0 N–H and O–H groups in total. The van der Waals surface area contributed by atoms with Gasteiger partial charge in [-0.15, -0.1) is 0 Å². The summed E-state index contributed by atoms with van der Waals surface area (Å²) in [5, 5.41) is 0. The van der Waals surface area contributed by atoms with E-state index in [0.717, 1.165) is 12.1 Å². The SMILES string of the molecule is CC1=CN=C(c2ccccc2)CC=C1. The van der Waals surface area contributed by atoms with Crippen LogP contribution in [0.2, 0.25) is 0 Å². The summed E-state index contributed by atoms with van der Waals surface area (Å²) in [6.45, 7) is 2.06. The molecule has 1 aromatic rings. The van der Waals surface area contributed by atoms with Gasteiger partial charge in [-0.25, -0.2) is 0 Å². The van der Waals surface area contributed by atoms with Crippen molar-refractivity contribution in [2.75, 3.05) is 0 Å². The van der Waals surface area contributed by atoms with Crippen molar-refractivity contribution < 1.29 is 0 Å². The fraction of sp³-hybridized carbons (Fsp3) is 0.154. The molecule has 1 heterocycles. The summed E-state index contributed by atoms with van der Waals surface area (Å²) in [4.78, 5) is 4.47. The van der Waals surface area contributed by atoms with E-state index in [1.807, 2.05) is 24.4 Å². The van der Waals surface area contributed by atoms with Gasteiger partial charge in [-0.1, -0.05) is 42.5 Å². The number of nitrogens with zero attached hydrogens (tertiary/aromatic N) is 1. The lowest BCUT2D eigenvalue weighted by Gasteiger charge is -2.00. The number of aliphatic imine (C=N–C) groups is 1. The van der Waals surface area contributed by atoms with Crippen LogP contribution in [0.5, 0.6) is 0 Å². The molecule has 0 aliphatic carbocycles. The van der Waals surface area contributed by atoms with Crippen LogP contribution in [-0.4, -0.2) is 5.71 Å². The molecule has 0 amide bonds. The third kappa shape index (κ3) is 1.99. The fourth-order valence-corrected chi connectivity index (χ4v) is 1.45. The smallest absolute Gasteiger partial charge is 0.0513 e. The standard InChI is InChI=1S/C13H13N/c1-11-6-5-9-13(14-10-11)12-7-3-2-4-8-12/h2-8,10H,9H2,1H3. The molecule has 14 heavy (non-hydrogen) atoms. The average molecular weight is 183 g/mol. The minimum absolute atomic E-state index is 0.915. The van der Waals surface area contributed by atoms with Gasteiger partial charge < -0.3 is 0 Å². The number of rotatable bonds is 1. The molecule has 70 valence electrons. The van der Waals surface area contributed by atoms with E-state index in [9.17, 15) is 0 Å². The number of hydrogen-bond donors (Lipinski definition) is 0. The summed E-state index contributed by atoms with van der Waals surface area (Å²) in [6, 6.07) is 10.3. The molecular weight excluding hydrogens is 170 g/mol. The Morgan fingerprint density at radius 3 is 2.71 bits per heavy atom. The van der Waals surface area contributed by atoms with Gasteiger partial charge in [0.05, 0.1) is 5.71 Å². The van der Waals surface area contributed by atoms with E-state index < -0.39 is 0 Å². The highest BCUT2D eigenvalue weighted by Gasteiger charge is 2.01. The summed E-state index contributed by atoms with van der Waals surface area (Å²) >= 11 is 0. The predicted molar refractivity (Wildman–Crippen MR) is 60.5 cm³/mol. The van der Waals surface area contributed by atoms with E-state index in [2.05, 4.69) is 36.2 Å². The molecule has 1 aliphatic heterocycles. The van der Waals surface area contributed by atoms with E-state index in [0.29, 0.717) is 0 Å². The monoisotopic (exact) mass is 183 g/mol. The third-order valence-corrected chi connectivity index (χ3v) is 2.22. The van der Waals surface area contributed by atoms with Crippen molar-refractivity contribution in [3.8, 4) is 0 Å². The molecule has 0 fully saturated rings. The lowest BCUT2D eigenvalue weighted by atomic mass is 10.1. The molecule has 0 atom stereocenters. The van der Waals surface area contributed by atoms with Crippen molar-refractivity contribution in [3.63, 3.8) is 0 Å². The summed E-state index contributed by atoms with van der Waals surface area (Å²) in [6.07, 6.45) is 7.10. The van der Waals surface area contributed by atoms with Crippen LogP contribution >= 0.6 is 0 Å². The topological polar surface area (TPSA) is 12.4 Å². The van der Waals surface area contributed by atoms with E-state index >= 15 is 0 Å². The van der Waals surface area contributed by atoms with Gasteiger partial charge in [-0.3, -0.25) is 4.99 Å². The summed E-state index contributed by atoms with van der Waals surface area (Å²) in [7, 11) is 0. The zero-order valence-corrected chi connectivity index (χ0v) is 8.27. The minimum Gasteiger partial charge on any atom is -0.260 e. The van der Waals surface area contributed by atoms with Crippen LogP contribution < -0.4 is 0 Å². The lowest BCUT2D eigenvalue weighted by Crippen LogP contribution is -1.97. The van der Waals surface area contributed by atoms with Crippen molar-refractivity contribution in [3.05, 3.63) is 59.8 Å². The molecule has 0 bridgehead atoms. The number of benzene rings is 1. The maximum Gasteiger partial charge on any atom is 0.0513 e. The Morgan fingerprint density at radius 2 is 1.93 bits per heavy atom. The molecule has 1 heteroatoms. The van der Waals surface area contributed by atoms with Crippen LogP contribution in [0, 0.1) is 0 Å². The van der Waals surface area contributed by atoms with Crippen molar-refractivity contribution in [2.24, 2.45) is 4.99 Å². The van der Waals surface area contributed by atoms with Gasteiger partial charge in [0, 0.05) is 12.6 Å². The second-order valence-corrected chi connectivity index (χ2v) is 3.42. The Bertz CT molecular complexity index is 397. The molecular formula is C13H13N. The highest BCUT2D eigenvalue weighted by Crippen LogP contribution is 2.10. The third-order valence-electron chi connectivity index (χ3n) is 2.22. The molecule has 0 spiro atoms. The summed E-state index contributed by atoms with van der Waals surface area (Å²) < 4.78 is 0. The van der Waals surface area contributed by atoms with Crippen LogP contribution in [0.4, 0.5) is 0 Å². The van der Waals surface area contributed by atoms with Crippen molar-refractivity contribution in [2.45, 2.75) is 13.3 Å². The molecule has 0 saturated heterocycles. The Labute approximate surface area is 84.5 Å². The Morgan fingerprint density at radius 1 is 1.14 bits per heavy atom. The molecule has 1 nitrogen and oxygen atoms in total. The largest absolute Gasteiger partial charge is 0.260 e. The van der Waals surface area contributed by atoms with E-state index in [-0.39, 0.29) is 0 Å². The van der Waals surface area contributed by atoms with Gasteiger partial charge in [-0.05, 0) is 18.1 Å². The molecule has 0 unspecified atom stereocenters. The van der Waals surface area contributed by atoms with Gasteiger partial charge in [0.2, 0.25) is 0 Å². The first kappa shape index (κ1) is 8.95. The highest BCUT2D eigenvalue weighted by molar-refractivity contribution is 6.02. The first-order valence-corrected chi connectivity index (χ1v) is 4.81. The second kappa shape index (κ2) is 4.05. The van der Waals surface area contributed by atoms with Gasteiger partial charge in [0.25, 0.3) is 0 Å². The first-order valence-electron chi connectivity index (χ1n) is 4.81. The predicted octanol–water partition coefficient (Wildman–Crippen LogP) is 3.34. The Balaban J connectivity index is 2.33. The van der Waals surface area contributed by atoms with Crippen LogP contribution in [0.15, 0.2) is 59.2 Å².